The zero-order valence-corrected chi connectivity index (χ0v) is 22.2. The molecule has 5 aromatic carbocycles. The summed E-state index contributed by atoms with van der Waals surface area (Å²) in [6, 6.07) is 40.3. The Kier molecular flexibility index (Phi) is 7.13. The zero-order valence-electron chi connectivity index (χ0n) is 22.2. The summed E-state index contributed by atoms with van der Waals surface area (Å²) < 4.78 is 5.41. The van der Waals surface area contributed by atoms with E-state index >= 15 is 0 Å². The Balaban J connectivity index is 1.70. The number of carbonyl (C=O) groups is 1. The van der Waals surface area contributed by atoms with E-state index in [1.807, 2.05) is 97.1 Å². The van der Waals surface area contributed by atoms with Crippen LogP contribution in [0.3, 0.4) is 0 Å². The monoisotopic (exact) mass is 525 g/mol. The van der Waals surface area contributed by atoms with Gasteiger partial charge >= 0.3 is 5.97 Å². The van der Waals surface area contributed by atoms with E-state index in [9.17, 15) is 15.2 Å². The molecular weight excluding hydrogens is 498 g/mol. The first-order valence-corrected chi connectivity index (χ1v) is 12.8. The van der Waals surface area contributed by atoms with Gasteiger partial charge in [-0.1, -0.05) is 91.0 Å². The summed E-state index contributed by atoms with van der Waals surface area (Å²) in [4.78, 5) is 11.4. The van der Waals surface area contributed by atoms with Crippen molar-refractivity contribution >= 4 is 16.7 Å². The van der Waals surface area contributed by atoms with Crippen molar-refractivity contribution in [1.82, 2.24) is 0 Å². The SMILES string of the molecule is COc1ccc(C(N=NC(C)(C#N)c2ccc3cc(C(=O)O)ccc3c2)(c2ccccc2)c2ccccc2)cc1. The fraction of sp³-hybridized carbons (Fsp3) is 0.118. The number of benzene rings is 5. The molecule has 0 fully saturated rings. The quantitative estimate of drug-likeness (QED) is 0.166. The first-order chi connectivity index (χ1) is 19.4. The maximum atomic E-state index is 11.4. The van der Waals surface area contributed by atoms with E-state index in [4.69, 9.17) is 15.0 Å². The number of carboxylic acid groups (broad SMARTS) is 1. The number of aromatic carboxylic acids is 1. The molecule has 1 unspecified atom stereocenters. The van der Waals surface area contributed by atoms with Crippen molar-refractivity contribution in [2.45, 2.75) is 18.0 Å². The largest absolute Gasteiger partial charge is 0.497 e. The van der Waals surface area contributed by atoms with Crippen molar-refractivity contribution < 1.29 is 14.6 Å². The molecule has 6 nitrogen and oxygen atoms in total. The number of nitriles is 1. The van der Waals surface area contributed by atoms with E-state index in [1.165, 1.54) is 0 Å². The summed E-state index contributed by atoms with van der Waals surface area (Å²) >= 11 is 0. The number of fused-ring (bicyclic) bond motifs is 1. The molecular formula is C34H27N3O3. The minimum atomic E-state index is -1.32. The number of nitrogens with zero attached hydrogens (tertiary/aromatic N) is 3. The molecule has 0 aromatic heterocycles. The van der Waals surface area contributed by atoms with Gasteiger partial charge in [-0.3, -0.25) is 0 Å². The van der Waals surface area contributed by atoms with Gasteiger partial charge in [0.05, 0.1) is 18.7 Å². The smallest absolute Gasteiger partial charge is 0.335 e. The summed E-state index contributed by atoms with van der Waals surface area (Å²) in [5, 5.41) is 31.2. The van der Waals surface area contributed by atoms with Crippen molar-refractivity contribution in [3.05, 3.63) is 149 Å². The van der Waals surface area contributed by atoms with Crippen LogP contribution in [0.5, 0.6) is 5.75 Å². The first kappa shape index (κ1) is 26.3. The fourth-order valence-electron chi connectivity index (χ4n) is 4.87. The average molecular weight is 526 g/mol. The molecule has 1 atom stereocenters. The van der Waals surface area contributed by atoms with Gasteiger partial charge in [-0.25, -0.2) is 4.79 Å². The summed E-state index contributed by atoms with van der Waals surface area (Å²) in [5.41, 5.74) is 1.16. The standard InChI is InChI=1S/C34H27N3O3/c1-33(23-35,30-16-15-24-21-26(32(38)39)14-13-25(24)22-30)36-37-34(27-9-5-3-6-10-27,28-11-7-4-8-12-28)29-17-19-31(40-2)20-18-29/h3-22H,1-2H3,(H,38,39). The van der Waals surface area contributed by atoms with E-state index in [0.29, 0.717) is 5.56 Å². The van der Waals surface area contributed by atoms with Crippen molar-refractivity contribution in [1.29, 1.82) is 5.26 Å². The van der Waals surface area contributed by atoms with Crippen LogP contribution < -0.4 is 4.74 Å². The highest BCUT2D eigenvalue weighted by Crippen LogP contribution is 2.43. The van der Waals surface area contributed by atoms with Gasteiger partial charge in [0, 0.05) is 0 Å². The minimum absolute atomic E-state index is 0.206. The predicted octanol–water partition coefficient (Wildman–Crippen LogP) is 7.73. The van der Waals surface area contributed by atoms with Crippen molar-refractivity contribution in [2.75, 3.05) is 7.11 Å². The van der Waals surface area contributed by atoms with E-state index < -0.39 is 17.0 Å². The molecule has 0 radical (unpaired) electrons. The van der Waals surface area contributed by atoms with Crippen LogP contribution in [-0.4, -0.2) is 18.2 Å². The van der Waals surface area contributed by atoms with E-state index in [1.54, 1.807) is 38.3 Å². The van der Waals surface area contributed by atoms with Gasteiger partial charge in [-0.05, 0) is 70.3 Å². The topological polar surface area (TPSA) is 95.0 Å². The molecule has 1 N–H and O–H groups in total. The molecule has 0 saturated heterocycles. The second kappa shape index (κ2) is 10.8. The van der Waals surface area contributed by atoms with Crippen LogP contribution >= 0.6 is 0 Å². The molecule has 5 aromatic rings. The number of hydrogen-bond acceptors (Lipinski definition) is 5. The van der Waals surface area contributed by atoms with Crippen LogP contribution in [0, 0.1) is 11.3 Å². The Labute approximate surface area is 232 Å². The number of methoxy groups -OCH3 is 1. The third kappa shape index (κ3) is 4.81. The maximum Gasteiger partial charge on any atom is 0.335 e. The molecule has 0 spiro atoms. The molecule has 0 aliphatic heterocycles. The van der Waals surface area contributed by atoms with Crippen molar-refractivity contribution in [2.24, 2.45) is 10.2 Å². The second-order valence-electron chi connectivity index (χ2n) is 9.64. The molecule has 5 rings (SSSR count). The Bertz CT molecular complexity index is 1690. The van der Waals surface area contributed by atoms with Gasteiger partial charge in [0.25, 0.3) is 0 Å². The number of azo groups is 1. The highest BCUT2D eigenvalue weighted by molar-refractivity contribution is 5.94. The van der Waals surface area contributed by atoms with E-state index in [2.05, 4.69) is 6.07 Å². The Morgan fingerprint density at radius 3 is 1.80 bits per heavy atom. The van der Waals surface area contributed by atoms with Crippen LogP contribution in [0.25, 0.3) is 10.8 Å². The van der Waals surface area contributed by atoms with Crippen LogP contribution in [0.2, 0.25) is 0 Å². The van der Waals surface area contributed by atoms with Gasteiger partial charge in [0.2, 0.25) is 0 Å². The minimum Gasteiger partial charge on any atom is -0.497 e. The lowest BCUT2D eigenvalue weighted by atomic mass is 9.78. The third-order valence-electron chi connectivity index (χ3n) is 7.16. The maximum absolute atomic E-state index is 11.4. The summed E-state index contributed by atoms with van der Waals surface area (Å²) in [5.74, 6) is -0.266. The second-order valence-corrected chi connectivity index (χ2v) is 9.64. The molecule has 0 aliphatic rings. The molecule has 0 aliphatic carbocycles. The van der Waals surface area contributed by atoms with Crippen LogP contribution in [0.1, 0.15) is 39.5 Å². The number of hydrogen-bond donors (Lipinski definition) is 1. The number of ether oxygens (including phenoxy) is 1. The zero-order chi connectivity index (χ0) is 28.2. The Hall–Kier alpha value is -5.28. The lowest BCUT2D eigenvalue weighted by molar-refractivity contribution is 0.0697. The highest BCUT2D eigenvalue weighted by atomic mass is 16.5. The van der Waals surface area contributed by atoms with E-state index in [-0.39, 0.29) is 5.56 Å². The summed E-state index contributed by atoms with van der Waals surface area (Å²) in [7, 11) is 1.63. The van der Waals surface area contributed by atoms with Crippen LogP contribution in [0.15, 0.2) is 132 Å². The third-order valence-corrected chi connectivity index (χ3v) is 7.16. The molecule has 0 heterocycles. The lowest BCUT2D eigenvalue weighted by Gasteiger charge is -2.32. The first-order valence-electron chi connectivity index (χ1n) is 12.8. The Morgan fingerprint density at radius 1 is 0.725 bits per heavy atom. The van der Waals surface area contributed by atoms with Gasteiger partial charge in [-0.15, -0.1) is 0 Å². The van der Waals surface area contributed by atoms with E-state index in [0.717, 1.165) is 33.2 Å². The summed E-state index contributed by atoms with van der Waals surface area (Å²) in [6.45, 7) is 1.73. The molecule has 196 valence electrons. The molecule has 0 saturated carbocycles. The lowest BCUT2D eigenvalue weighted by Crippen LogP contribution is -2.28. The predicted molar refractivity (Wildman–Crippen MR) is 154 cm³/mol. The van der Waals surface area contributed by atoms with Crippen molar-refractivity contribution in [3.8, 4) is 11.8 Å². The summed E-state index contributed by atoms with van der Waals surface area (Å²) in [6.07, 6.45) is 0. The van der Waals surface area contributed by atoms with Crippen LogP contribution in [-0.2, 0) is 11.1 Å². The fourth-order valence-corrected chi connectivity index (χ4v) is 4.87. The van der Waals surface area contributed by atoms with Gasteiger partial charge in [0.1, 0.15) is 5.75 Å². The number of rotatable bonds is 8. The molecule has 40 heavy (non-hydrogen) atoms. The van der Waals surface area contributed by atoms with Crippen LogP contribution in [0.4, 0.5) is 0 Å². The van der Waals surface area contributed by atoms with Gasteiger partial charge in [-0.2, -0.15) is 15.5 Å². The van der Waals surface area contributed by atoms with Gasteiger partial charge in [0.15, 0.2) is 11.1 Å². The number of carboxylic acids is 1. The van der Waals surface area contributed by atoms with Crippen molar-refractivity contribution in [3.63, 3.8) is 0 Å². The normalized spacial score (nSPS) is 13.0. The highest BCUT2D eigenvalue weighted by Gasteiger charge is 2.38. The van der Waals surface area contributed by atoms with Gasteiger partial charge < -0.3 is 9.84 Å². The molecule has 0 amide bonds. The Morgan fingerprint density at radius 2 is 1.25 bits per heavy atom. The molecule has 6 heteroatoms. The average Bonchev–Trinajstić information content (AvgIpc) is 3.02. The molecule has 0 bridgehead atoms.